The smallest absolute Gasteiger partial charge is 0.224 e. The molecular formula is C20H21Cl3N2O. The highest BCUT2D eigenvalue weighted by Gasteiger charge is 2.26. The van der Waals surface area contributed by atoms with Gasteiger partial charge in [-0.15, -0.1) is 0 Å². The van der Waals surface area contributed by atoms with E-state index in [0.717, 1.165) is 48.6 Å². The van der Waals surface area contributed by atoms with Crippen molar-refractivity contribution in [2.24, 2.45) is 5.92 Å². The third-order valence-corrected chi connectivity index (χ3v) is 5.65. The van der Waals surface area contributed by atoms with Gasteiger partial charge in [0.2, 0.25) is 5.91 Å². The van der Waals surface area contributed by atoms with Gasteiger partial charge in [-0.3, -0.25) is 9.69 Å². The first-order chi connectivity index (χ1) is 12.5. The average molecular weight is 412 g/mol. The lowest BCUT2D eigenvalue weighted by Gasteiger charge is -2.32. The molecule has 1 aliphatic rings. The lowest BCUT2D eigenvalue weighted by Crippen LogP contribution is -2.42. The normalized spacial score (nSPS) is 17.9. The van der Waals surface area contributed by atoms with Crippen molar-refractivity contribution in [2.45, 2.75) is 25.9 Å². The first-order valence-corrected chi connectivity index (χ1v) is 9.83. The Kier molecular flexibility index (Phi) is 6.82. The molecule has 138 valence electrons. The zero-order valence-corrected chi connectivity index (χ0v) is 16.6. The third kappa shape index (κ3) is 5.14. The molecule has 3 rings (SSSR count). The van der Waals surface area contributed by atoms with Gasteiger partial charge in [0.05, 0.1) is 5.92 Å². The number of benzene rings is 2. The Labute approximate surface area is 169 Å². The van der Waals surface area contributed by atoms with Crippen LogP contribution in [0.15, 0.2) is 42.5 Å². The number of carbonyl (C=O) groups is 1. The minimum Gasteiger partial charge on any atom is -0.352 e. The highest BCUT2D eigenvalue weighted by molar-refractivity contribution is 6.35. The summed E-state index contributed by atoms with van der Waals surface area (Å²) >= 11 is 18.3. The van der Waals surface area contributed by atoms with Crippen LogP contribution in [0.1, 0.15) is 24.0 Å². The standard InChI is InChI=1S/C20H21Cl3N2O/c21-17-8-7-14(19(23)10-17)11-24-20(26)16-5-3-9-25(13-16)12-15-4-1-2-6-18(15)22/h1-2,4,6-8,10,16H,3,5,9,11-13H2,(H,24,26)/t16-/m1/s1. The number of rotatable bonds is 5. The highest BCUT2D eigenvalue weighted by Crippen LogP contribution is 2.23. The molecule has 1 aliphatic heterocycles. The molecule has 1 fully saturated rings. The summed E-state index contributed by atoms with van der Waals surface area (Å²) in [6.45, 7) is 2.91. The van der Waals surface area contributed by atoms with Gasteiger partial charge in [-0.05, 0) is 48.7 Å². The van der Waals surface area contributed by atoms with Crippen LogP contribution >= 0.6 is 34.8 Å². The van der Waals surface area contributed by atoms with Crippen molar-refractivity contribution in [3.8, 4) is 0 Å². The summed E-state index contributed by atoms with van der Waals surface area (Å²) in [5.41, 5.74) is 1.97. The molecule has 0 bridgehead atoms. The summed E-state index contributed by atoms with van der Waals surface area (Å²) in [7, 11) is 0. The number of hydrogen-bond donors (Lipinski definition) is 1. The summed E-state index contributed by atoms with van der Waals surface area (Å²) < 4.78 is 0. The van der Waals surface area contributed by atoms with Gasteiger partial charge in [0, 0.05) is 34.7 Å². The Morgan fingerprint density at radius 3 is 2.65 bits per heavy atom. The molecule has 2 aromatic rings. The van der Waals surface area contributed by atoms with Crippen LogP contribution in [-0.4, -0.2) is 23.9 Å². The van der Waals surface area contributed by atoms with Crippen LogP contribution in [0, 0.1) is 5.92 Å². The summed E-state index contributed by atoms with van der Waals surface area (Å²) in [6.07, 6.45) is 1.91. The number of likely N-dealkylation sites (tertiary alicyclic amines) is 1. The first kappa shape index (κ1) is 19.5. The predicted molar refractivity (Wildman–Crippen MR) is 108 cm³/mol. The lowest BCUT2D eigenvalue weighted by atomic mass is 9.96. The van der Waals surface area contributed by atoms with E-state index in [9.17, 15) is 4.79 Å². The molecule has 3 nitrogen and oxygen atoms in total. The summed E-state index contributed by atoms with van der Waals surface area (Å²) in [6, 6.07) is 13.2. The van der Waals surface area contributed by atoms with Crippen LogP contribution in [0.3, 0.4) is 0 Å². The van der Waals surface area contributed by atoms with Gasteiger partial charge in [0.25, 0.3) is 0 Å². The molecule has 6 heteroatoms. The Bertz CT molecular complexity index is 781. The van der Waals surface area contributed by atoms with E-state index in [1.807, 2.05) is 30.3 Å². The molecule has 1 amide bonds. The molecule has 0 aromatic heterocycles. The molecule has 26 heavy (non-hydrogen) atoms. The maximum Gasteiger partial charge on any atom is 0.224 e. The van der Waals surface area contributed by atoms with Crippen LogP contribution in [-0.2, 0) is 17.9 Å². The van der Waals surface area contributed by atoms with Gasteiger partial charge in [-0.25, -0.2) is 0 Å². The summed E-state index contributed by atoms with van der Waals surface area (Å²) in [4.78, 5) is 14.9. The number of nitrogens with one attached hydrogen (secondary N) is 1. The van der Waals surface area contributed by atoms with Crippen LogP contribution in [0.2, 0.25) is 15.1 Å². The molecule has 0 radical (unpaired) electrons. The minimum absolute atomic E-state index is 0.0164. The van der Waals surface area contributed by atoms with E-state index in [4.69, 9.17) is 34.8 Å². The van der Waals surface area contributed by atoms with Gasteiger partial charge in [-0.1, -0.05) is 59.1 Å². The quantitative estimate of drug-likeness (QED) is 0.735. The second-order valence-electron chi connectivity index (χ2n) is 6.62. The molecular weight excluding hydrogens is 391 g/mol. The SMILES string of the molecule is O=C(NCc1ccc(Cl)cc1Cl)[C@@H]1CCCN(Cc2ccccc2Cl)C1. The van der Waals surface area contributed by atoms with Gasteiger partial charge < -0.3 is 5.32 Å². The molecule has 0 unspecified atom stereocenters. The number of amides is 1. The Balaban J connectivity index is 1.55. The van der Waals surface area contributed by atoms with Crippen molar-refractivity contribution in [3.63, 3.8) is 0 Å². The molecule has 1 atom stereocenters. The van der Waals surface area contributed by atoms with E-state index in [-0.39, 0.29) is 11.8 Å². The van der Waals surface area contributed by atoms with E-state index < -0.39 is 0 Å². The predicted octanol–water partition coefficient (Wildman–Crippen LogP) is 5.18. The monoisotopic (exact) mass is 410 g/mol. The van der Waals surface area contributed by atoms with E-state index in [1.165, 1.54) is 0 Å². The first-order valence-electron chi connectivity index (χ1n) is 8.70. The number of hydrogen-bond acceptors (Lipinski definition) is 2. The topological polar surface area (TPSA) is 32.3 Å². The van der Waals surface area contributed by atoms with E-state index >= 15 is 0 Å². The molecule has 1 N–H and O–H groups in total. The number of halogens is 3. The third-order valence-electron chi connectivity index (χ3n) is 4.70. The van der Waals surface area contributed by atoms with Crippen molar-refractivity contribution >= 4 is 40.7 Å². The van der Waals surface area contributed by atoms with Gasteiger partial charge in [0.15, 0.2) is 0 Å². The molecule has 1 heterocycles. The van der Waals surface area contributed by atoms with Gasteiger partial charge >= 0.3 is 0 Å². The number of carbonyl (C=O) groups excluding carboxylic acids is 1. The zero-order chi connectivity index (χ0) is 18.5. The van der Waals surface area contributed by atoms with E-state index in [2.05, 4.69) is 10.2 Å². The Hall–Kier alpha value is -1.26. The van der Waals surface area contributed by atoms with Crippen molar-refractivity contribution in [1.29, 1.82) is 0 Å². The highest BCUT2D eigenvalue weighted by atomic mass is 35.5. The van der Waals surface area contributed by atoms with Crippen LogP contribution in [0.5, 0.6) is 0 Å². The molecule has 0 saturated carbocycles. The van der Waals surface area contributed by atoms with Gasteiger partial charge in [0.1, 0.15) is 0 Å². The maximum atomic E-state index is 12.6. The fraction of sp³-hybridized carbons (Fsp3) is 0.350. The second-order valence-corrected chi connectivity index (χ2v) is 7.87. The minimum atomic E-state index is -0.0164. The van der Waals surface area contributed by atoms with E-state index in [1.54, 1.807) is 12.1 Å². The Morgan fingerprint density at radius 1 is 1.08 bits per heavy atom. The number of nitrogens with zero attached hydrogens (tertiary/aromatic N) is 1. The molecule has 2 aromatic carbocycles. The van der Waals surface area contributed by atoms with Crippen LogP contribution in [0.4, 0.5) is 0 Å². The largest absolute Gasteiger partial charge is 0.352 e. The fourth-order valence-electron chi connectivity index (χ4n) is 3.27. The molecule has 1 saturated heterocycles. The maximum absolute atomic E-state index is 12.6. The van der Waals surface area contributed by atoms with Crippen molar-refractivity contribution in [3.05, 3.63) is 68.7 Å². The zero-order valence-electron chi connectivity index (χ0n) is 14.4. The van der Waals surface area contributed by atoms with Crippen molar-refractivity contribution in [2.75, 3.05) is 13.1 Å². The fourth-order valence-corrected chi connectivity index (χ4v) is 3.94. The van der Waals surface area contributed by atoms with Gasteiger partial charge in [-0.2, -0.15) is 0 Å². The lowest BCUT2D eigenvalue weighted by molar-refractivity contribution is -0.126. The van der Waals surface area contributed by atoms with Crippen molar-refractivity contribution < 1.29 is 4.79 Å². The summed E-state index contributed by atoms with van der Waals surface area (Å²) in [5.74, 6) is 0.0530. The van der Waals surface area contributed by atoms with Crippen LogP contribution < -0.4 is 5.32 Å². The Morgan fingerprint density at radius 2 is 1.88 bits per heavy atom. The van der Waals surface area contributed by atoms with E-state index in [0.29, 0.717) is 16.6 Å². The van der Waals surface area contributed by atoms with Crippen molar-refractivity contribution in [1.82, 2.24) is 10.2 Å². The summed E-state index contributed by atoms with van der Waals surface area (Å²) in [5, 5.41) is 4.94. The molecule has 0 aliphatic carbocycles. The molecule has 0 spiro atoms. The second kappa shape index (κ2) is 9.09. The average Bonchev–Trinajstić information content (AvgIpc) is 2.63. The number of piperidine rings is 1. The van der Waals surface area contributed by atoms with Crippen LogP contribution in [0.25, 0.3) is 0 Å².